The highest BCUT2D eigenvalue weighted by Crippen LogP contribution is 2.66. The number of ketones is 1. The van der Waals surface area contributed by atoms with Crippen LogP contribution < -0.4 is 0 Å². The molecule has 2 nitrogen and oxygen atoms in total. The Balaban J connectivity index is 1.68. The van der Waals surface area contributed by atoms with Crippen molar-refractivity contribution < 1.29 is 9.90 Å². The first-order valence-electron chi connectivity index (χ1n) is 10.3. The molecule has 138 valence electrons. The lowest BCUT2D eigenvalue weighted by Crippen LogP contribution is -2.50. The third-order valence-electron chi connectivity index (χ3n) is 8.89. The third-order valence-corrected chi connectivity index (χ3v) is 8.89. The van der Waals surface area contributed by atoms with E-state index in [1.165, 1.54) is 18.4 Å². The number of hydrogen-bond donors (Lipinski definition) is 1. The Hall–Kier alpha value is -0.890. The van der Waals surface area contributed by atoms with Crippen LogP contribution in [0.4, 0.5) is 0 Å². The molecular weight excluding hydrogens is 308 g/mol. The lowest BCUT2D eigenvalue weighted by molar-refractivity contribution is -0.123. The molecule has 0 heterocycles. The van der Waals surface area contributed by atoms with E-state index in [4.69, 9.17) is 0 Å². The first-order valence-corrected chi connectivity index (χ1v) is 10.3. The van der Waals surface area contributed by atoms with Gasteiger partial charge in [0.2, 0.25) is 0 Å². The number of Topliss-reactive ketones (excluding diaryl/α,β-unsaturated/α-hetero) is 1. The fourth-order valence-electron chi connectivity index (χ4n) is 7.50. The molecule has 0 aromatic heterocycles. The Kier molecular flexibility index (Phi) is 4.07. The zero-order chi connectivity index (χ0) is 18.0. The van der Waals surface area contributed by atoms with Crippen LogP contribution in [-0.4, -0.2) is 17.0 Å². The molecule has 1 N–H and O–H groups in total. The van der Waals surface area contributed by atoms with Crippen molar-refractivity contribution in [1.29, 1.82) is 0 Å². The van der Waals surface area contributed by atoms with Crippen LogP contribution in [0.3, 0.4) is 0 Å². The van der Waals surface area contributed by atoms with Crippen molar-refractivity contribution in [2.24, 2.45) is 40.4 Å². The fraction of sp³-hybridized carbons (Fsp3) is 0.783. The monoisotopic (exact) mass is 342 g/mol. The standard InChI is InChI=1S/C23H34O2/c1-5-14(2)21-20(25)13-19-17-7-6-15-12-16(24)8-10-22(15,3)18(17)9-11-23(19,21)4/h5-6,14,16-19,21,24H,1,7-13H2,2-4H3/t14-,16+,17-,18+,19+,21+,22?,23+/m1/s1. The number of fused-ring (bicyclic) bond motifs is 5. The maximum Gasteiger partial charge on any atom is 0.137 e. The summed E-state index contributed by atoms with van der Waals surface area (Å²) in [5, 5.41) is 10.1. The van der Waals surface area contributed by atoms with Gasteiger partial charge in [0.25, 0.3) is 0 Å². The van der Waals surface area contributed by atoms with Crippen molar-refractivity contribution in [3.63, 3.8) is 0 Å². The van der Waals surface area contributed by atoms with Crippen molar-refractivity contribution in [3.8, 4) is 0 Å². The van der Waals surface area contributed by atoms with E-state index >= 15 is 0 Å². The molecule has 0 bridgehead atoms. The Morgan fingerprint density at radius 1 is 1.24 bits per heavy atom. The van der Waals surface area contributed by atoms with Crippen LogP contribution in [-0.2, 0) is 4.79 Å². The van der Waals surface area contributed by atoms with Gasteiger partial charge in [-0.25, -0.2) is 0 Å². The van der Waals surface area contributed by atoms with Gasteiger partial charge in [0.15, 0.2) is 0 Å². The van der Waals surface area contributed by atoms with Gasteiger partial charge < -0.3 is 5.11 Å². The number of carbonyl (C=O) groups excluding carboxylic acids is 1. The summed E-state index contributed by atoms with van der Waals surface area (Å²) in [5.74, 6) is 2.82. The minimum Gasteiger partial charge on any atom is -0.393 e. The number of aliphatic hydroxyl groups is 1. The molecule has 3 saturated carbocycles. The number of rotatable bonds is 2. The predicted octanol–water partition coefficient (Wildman–Crippen LogP) is 4.93. The summed E-state index contributed by atoms with van der Waals surface area (Å²) in [6.45, 7) is 11.0. The first kappa shape index (κ1) is 17.5. The Labute approximate surface area is 152 Å². The van der Waals surface area contributed by atoms with E-state index in [-0.39, 0.29) is 28.8 Å². The summed E-state index contributed by atoms with van der Waals surface area (Å²) in [4.78, 5) is 12.9. The molecule has 4 aliphatic carbocycles. The quantitative estimate of drug-likeness (QED) is 0.723. The zero-order valence-electron chi connectivity index (χ0n) is 16.1. The van der Waals surface area contributed by atoms with E-state index in [0.717, 1.165) is 32.1 Å². The van der Waals surface area contributed by atoms with Gasteiger partial charge in [-0.2, -0.15) is 0 Å². The molecule has 0 aromatic carbocycles. The summed E-state index contributed by atoms with van der Waals surface area (Å²) in [5.41, 5.74) is 1.92. The molecule has 8 atom stereocenters. The minimum atomic E-state index is -0.143. The van der Waals surface area contributed by atoms with Crippen LogP contribution in [0.15, 0.2) is 24.3 Å². The molecule has 4 aliphatic rings. The van der Waals surface area contributed by atoms with Crippen LogP contribution in [0, 0.1) is 40.4 Å². The second-order valence-corrected chi connectivity index (χ2v) is 9.94. The largest absolute Gasteiger partial charge is 0.393 e. The smallest absolute Gasteiger partial charge is 0.137 e. The minimum absolute atomic E-state index is 0.143. The number of allylic oxidation sites excluding steroid dienone is 2. The molecule has 0 saturated heterocycles. The summed E-state index contributed by atoms with van der Waals surface area (Å²) in [6, 6.07) is 0. The summed E-state index contributed by atoms with van der Waals surface area (Å²) >= 11 is 0. The number of hydrogen-bond acceptors (Lipinski definition) is 2. The van der Waals surface area contributed by atoms with Gasteiger partial charge in [-0.15, -0.1) is 6.58 Å². The summed E-state index contributed by atoms with van der Waals surface area (Å²) < 4.78 is 0. The van der Waals surface area contributed by atoms with E-state index in [1.54, 1.807) is 0 Å². The van der Waals surface area contributed by atoms with E-state index in [9.17, 15) is 9.90 Å². The van der Waals surface area contributed by atoms with Crippen LogP contribution in [0.2, 0.25) is 0 Å². The van der Waals surface area contributed by atoms with Gasteiger partial charge in [0.1, 0.15) is 5.78 Å². The van der Waals surface area contributed by atoms with Crippen LogP contribution >= 0.6 is 0 Å². The molecule has 2 heteroatoms. The number of carbonyl (C=O) groups is 1. The maximum absolute atomic E-state index is 12.9. The first-order chi connectivity index (χ1) is 11.8. The molecule has 0 radical (unpaired) electrons. The zero-order valence-corrected chi connectivity index (χ0v) is 16.1. The van der Waals surface area contributed by atoms with Crippen molar-refractivity contribution in [1.82, 2.24) is 0 Å². The SMILES string of the molecule is C=C[C@@H](C)[C@H]1C(=O)C[C@H]2[C@@H]3CC=C4C[C@@H](O)CCC4(C)[C@H]3CC[C@]12C. The maximum atomic E-state index is 12.9. The molecule has 0 aliphatic heterocycles. The van der Waals surface area contributed by atoms with Crippen molar-refractivity contribution in [2.75, 3.05) is 0 Å². The van der Waals surface area contributed by atoms with Crippen LogP contribution in [0.1, 0.15) is 65.7 Å². The second kappa shape index (κ2) is 5.81. The molecule has 0 aromatic rings. The van der Waals surface area contributed by atoms with E-state index < -0.39 is 0 Å². The average Bonchev–Trinajstić information content (AvgIpc) is 2.85. The highest BCUT2D eigenvalue weighted by molar-refractivity contribution is 5.85. The highest BCUT2D eigenvalue weighted by Gasteiger charge is 2.61. The van der Waals surface area contributed by atoms with Gasteiger partial charge in [-0.3, -0.25) is 4.79 Å². The van der Waals surface area contributed by atoms with Gasteiger partial charge in [0, 0.05) is 12.3 Å². The van der Waals surface area contributed by atoms with Crippen molar-refractivity contribution in [2.45, 2.75) is 71.8 Å². The van der Waals surface area contributed by atoms with Crippen LogP contribution in [0.5, 0.6) is 0 Å². The lowest BCUT2D eigenvalue weighted by Gasteiger charge is -2.58. The van der Waals surface area contributed by atoms with Gasteiger partial charge in [0.05, 0.1) is 6.10 Å². The lowest BCUT2D eigenvalue weighted by atomic mass is 9.47. The number of aliphatic hydroxyl groups excluding tert-OH is 1. The fourth-order valence-corrected chi connectivity index (χ4v) is 7.50. The normalized spacial score (nSPS) is 50.3. The third kappa shape index (κ3) is 2.36. The molecule has 25 heavy (non-hydrogen) atoms. The van der Waals surface area contributed by atoms with E-state index in [1.807, 2.05) is 6.08 Å². The average molecular weight is 343 g/mol. The molecular formula is C23H34O2. The molecule has 0 amide bonds. The van der Waals surface area contributed by atoms with Crippen LogP contribution in [0.25, 0.3) is 0 Å². The van der Waals surface area contributed by atoms with Gasteiger partial charge >= 0.3 is 0 Å². The molecule has 0 spiro atoms. The van der Waals surface area contributed by atoms with Crippen molar-refractivity contribution >= 4 is 5.78 Å². The highest BCUT2D eigenvalue weighted by atomic mass is 16.3. The Bertz CT molecular complexity index is 620. The second-order valence-electron chi connectivity index (χ2n) is 9.94. The Morgan fingerprint density at radius 3 is 2.72 bits per heavy atom. The van der Waals surface area contributed by atoms with E-state index in [2.05, 4.69) is 33.4 Å². The molecule has 1 unspecified atom stereocenters. The topological polar surface area (TPSA) is 37.3 Å². The van der Waals surface area contributed by atoms with Gasteiger partial charge in [-0.05, 0) is 73.0 Å². The molecule has 3 fully saturated rings. The molecule has 4 rings (SSSR count). The summed E-state index contributed by atoms with van der Waals surface area (Å²) in [7, 11) is 0. The van der Waals surface area contributed by atoms with Gasteiger partial charge in [-0.1, -0.05) is 38.5 Å². The summed E-state index contributed by atoms with van der Waals surface area (Å²) in [6.07, 6.45) is 11.5. The van der Waals surface area contributed by atoms with E-state index in [0.29, 0.717) is 23.5 Å². The predicted molar refractivity (Wildman–Crippen MR) is 101 cm³/mol. The Morgan fingerprint density at radius 2 is 2.00 bits per heavy atom. The van der Waals surface area contributed by atoms with Crippen molar-refractivity contribution in [3.05, 3.63) is 24.3 Å².